The van der Waals surface area contributed by atoms with Gasteiger partial charge in [0.25, 0.3) is 5.91 Å². The number of sulfonamides is 1. The van der Waals surface area contributed by atoms with Gasteiger partial charge in [0.15, 0.2) is 6.61 Å². The van der Waals surface area contributed by atoms with Crippen LogP contribution in [0.25, 0.3) is 0 Å². The number of ether oxygens (including phenoxy) is 1. The van der Waals surface area contributed by atoms with Gasteiger partial charge in [-0.25, -0.2) is 8.42 Å². The summed E-state index contributed by atoms with van der Waals surface area (Å²) < 4.78 is 32.1. The first kappa shape index (κ1) is 22.7. The lowest BCUT2D eigenvalue weighted by Crippen LogP contribution is -2.42. The molecule has 1 amide bonds. The smallest absolute Gasteiger partial charge is 0.309 e. The molecule has 30 heavy (non-hydrogen) atoms. The molecule has 7 nitrogen and oxygen atoms in total. The summed E-state index contributed by atoms with van der Waals surface area (Å²) in [5.74, 6) is -0.355. The molecule has 1 aromatic carbocycles. The van der Waals surface area contributed by atoms with Gasteiger partial charge in [-0.1, -0.05) is 24.6 Å². The topological polar surface area (TPSA) is 92.8 Å². The highest BCUT2D eigenvalue weighted by atomic mass is 32.2. The van der Waals surface area contributed by atoms with E-state index in [-0.39, 0.29) is 42.5 Å². The first-order chi connectivity index (χ1) is 14.3. The van der Waals surface area contributed by atoms with Crippen LogP contribution in [0.15, 0.2) is 29.2 Å². The maximum atomic E-state index is 12.8. The Morgan fingerprint density at radius 3 is 2.23 bits per heavy atom. The number of esters is 1. The Morgan fingerprint density at radius 1 is 1.03 bits per heavy atom. The molecule has 0 aromatic heterocycles. The number of nitrogens with one attached hydrogen (secondary N) is 1. The molecule has 1 N–H and O–H groups in total. The van der Waals surface area contributed by atoms with Crippen LogP contribution in [0, 0.1) is 18.8 Å². The third-order valence-electron chi connectivity index (χ3n) is 6.17. The number of rotatable bonds is 6. The number of carbonyl (C=O) groups is 2. The zero-order chi connectivity index (χ0) is 21.7. The summed E-state index contributed by atoms with van der Waals surface area (Å²) in [6.45, 7) is 4.39. The highest BCUT2D eigenvalue weighted by Crippen LogP contribution is 2.25. The van der Waals surface area contributed by atoms with E-state index >= 15 is 0 Å². The van der Waals surface area contributed by atoms with Crippen LogP contribution in [-0.2, 0) is 24.3 Å². The molecular weight excluding hydrogens is 404 g/mol. The average molecular weight is 437 g/mol. The fourth-order valence-corrected chi connectivity index (χ4v) is 5.59. The minimum atomic E-state index is -3.56. The summed E-state index contributed by atoms with van der Waals surface area (Å²) >= 11 is 0. The van der Waals surface area contributed by atoms with Crippen molar-refractivity contribution in [2.24, 2.45) is 11.8 Å². The van der Waals surface area contributed by atoms with Gasteiger partial charge in [0.2, 0.25) is 10.0 Å². The van der Waals surface area contributed by atoms with E-state index in [9.17, 15) is 18.0 Å². The number of benzene rings is 1. The van der Waals surface area contributed by atoms with Crippen molar-refractivity contribution in [1.29, 1.82) is 0 Å². The monoisotopic (exact) mass is 436 g/mol. The minimum absolute atomic E-state index is 0.169. The Hall–Kier alpha value is -1.93. The summed E-state index contributed by atoms with van der Waals surface area (Å²) in [6.07, 6.45) is 4.94. The van der Waals surface area contributed by atoms with Gasteiger partial charge in [-0.05, 0) is 63.5 Å². The number of hydrogen-bond acceptors (Lipinski definition) is 5. The summed E-state index contributed by atoms with van der Waals surface area (Å²) in [5, 5.41) is 2.94. The van der Waals surface area contributed by atoms with E-state index in [1.54, 1.807) is 24.3 Å². The maximum Gasteiger partial charge on any atom is 0.309 e. The normalized spacial score (nSPS) is 23.7. The molecule has 1 saturated carbocycles. The zero-order valence-electron chi connectivity index (χ0n) is 17.8. The Morgan fingerprint density at radius 2 is 1.63 bits per heavy atom. The third-order valence-corrected chi connectivity index (χ3v) is 8.09. The minimum Gasteiger partial charge on any atom is -0.455 e. The average Bonchev–Trinajstić information content (AvgIpc) is 2.74. The molecule has 2 aliphatic rings. The molecule has 166 valence electrons. The molecule has 0 radical (unpaired) electrons. The Bertz CT molecular complexity index is 837. The SMILES string of the molecule is Cc1ccc(S(=O)(=O)N2CCC(C(=O)OCC(=O)NC3CCC(C)CC3)CC2)cc1. The molecule has 1 aromatic rings. The number of piperidine rings is 1. The zero-order valence-corrected chi connectivity index (χ0v) is 18.6. The van der Waals surface area contributed by atoms with Gasteiger partial charge in [-0.15, -0.1) is 0 Å². The predicted molar refractivity (Wildman–Crippen MR) is 113 cm³/mol. The van der Waals surface area contributed by atoms with Gasteiger partial charge in [0.05, 0.1) is 10.8 Å². The van der Waals surface area contributed by atoms with E-state index in [0.29, 0.717) is 18.8 Å². The molecule has 1 heterocycles. The summed E-state index contributed by atoms with van der Waals surface area (Å²) in [5.41, 5.74) is 0.998. The van der Waals surface area contributed by atoms with Crippen molar-refractivity contribution >= 4 is 21.9 Å². The van der Waals surface area contributed by atoms with E-state index in [0.717, 1.165) is 31.2 Å². The fourth-order valence-electron chi connectivity index (χ4n) is 4.12. The van der Waals surface area contributed by atoms with Gasteiger partial charge < -0.3 is 10.1 Å². The van der Waals surface area contributed by atoms with Crippen molar-refractivity contribution in [3.63, 3.8) is 0 Å². The molecular formula is C22H32N2O5S. The quantitative estimate of drug-likeness (QED) is 0.692. The van der Waals surface area contributed by atoms with E-state index in [2.05, 4.69) is 12.2 Å². The highest BCUT2D eigenvalue weighted by molar-refractivity contribution is 7.89. The third kappa shape index (κ3) is 5.82. The van der Waals surface area contributed by atoms with Crippen LogP contribution >= 0.6 is 0 Å². The van der Waals surface area contributed by atoms with Crippen LogP contribution in [0.3, 0.4) is 0 Å². The van der Waals surface area contributed by atoms with Crippen LogP contribution < -0.4 is 5.32 Å². The largest absolute Gasteiger partial charge is 0.455 e. The number of hydrogen-bond donors (Lipinski definition) is 1. The van der Waals surface area contributed by atoms with Crippen molar-refractivity contribution in [3.05, 3.63) is 29.8 Å². The summed E-state index contributed by atoms with van der Waals surface area (Å²) in [7, 11) is -3.56. The molecule has 0 bridgehead atoms. The lowest BCUT2D eigenvalue weighted by Gasteiger charge is -2.30. The molecule has 0 atom stereocenters. The summed E-state index contributed by atoms with van der Waals surface area (Å²) in [4.78, 5) is 24.7. The predicted octanol–water partition coefficient (Wildman–Crippen LogP) is 2.63. The molecule has 0 unspecified atom stereocenters. The number of carbonyl (C=O) groups excluding carboxylic acids is 2. The molecule has 2 fully saturated rings. The van der Waals surface area contributed by atoms with Crippen molar-refractivity contribution < 1.29 is 22.7 Å². The fraction of sp³-hybridized carbons (Fsp3) is 0.636. The molecule has 1 aliphatic heterocycles. The van der Waals surface area contributed by atoms with Crippen LogP contribution in [0.4, 0.5) is 0 Å². The van der Waals surface area contributed by atoms with Gasteiger partial charge in [0.1, 0.15) is 0 Å². The molecule has 1 saturated heterocycles. The lowest BCUT2D eigenvalue weighted by molar-refractivity contribution is -0.153. The number of aryl methyl sites for hydroxylation is 1. The summed E-state index contributed by atoms with van der Waals surface area (Å²) in [6, 6.07) is 6.93. The highest BCUT2D eigenvalue weighted by Gasteiger charge is 2.33. The second kappa shape index (κ2) is 9.92. The van der Waals surface area contributed by atoms with Crippen LogP contribution in [-0.4, -0.2) is 50.3 Å². The lowest BCUT2D eigenvalue weighted by atomic mass is 9.87. The molecule has 3 rings (SSSR count). The van der Waals surface area contributed by atoms with Crippen LogP contribution in [0.2, 0.25) is 0 Å². The van der Waals surface area contributed by atoms with Gasteiger partial charge in [-0.3, -0.25) is 9.59 Å². The molecule has 1 aliphatic carbocycles. The van der Waals surface area contributed by atoms with E-state index < -0.39 is 16.0 Å². The number of nitrogens with zero attached hydrogens (tertiary/aromatic N) is 1. The second-order valence-electron chi connectivity index (χ2n) is 8.62. The van der Waals surface area contributed by atoms with E-state index in [1.807, 2.05) is 6.92 Å². The second-order valence-corrected chi connectivity index (χ2v) is 10.6. The maximum absolute atomic E-state index is 12.8. The van der Waals surface area contributed by atoms with Gasteiger partial charge in [0, 0.05) is 19.1 Å². The first-order valence-electron chi connectivity index (χ1n) is 10.8. The Labute approximate surface area is 179 Å². The van der Waals surface area contributed by atoms with Crippen molar-refractivity contribution in [2.75, 3.05) is 19.7 Å². The standard InChI is InChI=1S/C22H32N2O5S/c1-16-3-7-19(8-4-16)23-21(25)15-29-22(26)18-11-13-24(14-12-18)30(27,28)20-9-5-17(2)6-10-20/h5-6,9-10,16,18-19H,3-4,7-8,11-15H2,1-2H3,(H,23,25). The van der Waals surface area contributed by atoms with Crippen LogP contribution in [0.1, 0.15) is 51.0 Å². The first-order valence-corrected chi connectivity index (χ1v) is 12.2. The van der Waals surface area contributed by atoms with Crippen molar-refractivity contribution in [2.45, 2.75) is 63.3 Å². The molecule has 0 spiro atoms. The van der Waals surface area contributed by atoms with Gasteiger partial charge >= 0.3 is 5.97 Å². The molecule has 8 heteroatoms. The van der Waals surface area contributed by atoms with E-state index in [4.69, 9.17) is 4.74 Å². The Balaban J connectivity index is 1.42. The van der Waals surface area contributed by atoms with Crippen molar-refractivity contribution in [3.8, 4) is 0 Å². The number of amides is 1. The van der Waals surface area contributed by atoms with Gasteiger partial charge in [-0.2, -0.15) is 4.31 Å². The van der Waals surface area contributed by atoms with Crippen LogP contribution in [0.5, 0.6) is 0 Å². The van der Waals surface area contributed by atoms with Crippen molar-refractivity contribution in [1.82, 2.24) is 9.62 Å². The van der Waals surface area contributed by atoms with E-state index in [1.165, 1.54) is 4.31 Å². The Kier molecular flexibility index (Phi) is 7.52.